The Morgan fingerprint density at radius 2 is 2.05 bits per heavy atom. The number of anilines is 1. The van der Waals surface area contributed by atoms with Gasteiger partial charge in [-0.1, -0.05) is 0 Å². The Balaban J connectivity index is 2.10. The molecule has 0 aromatic heterocycles. The summed E-state index contributed by atoms with van der Waals surface area (Å²) in [6.07, 6.45) is 0. The fourth-order valence-electron chi connectivity index (χ4n) is 2.05. The van der Waals surface area contributed by atoms with Gasteiger partial charge in [0.25, 0.3) is 5.69 Å². The second-order valence-electron chi connectivity index (χ2n) is 4.50. The Morgan fingerprint density at radius 1 is 1.38 bits per heavy atom. The summed E-state index contributed by atoms with van der Waals surface area (Å²) in [5.41, 5.74) is -1.22. The van der Waals surface area contributed by atoms with Crippen molar-refractivity contribution in [1.82, 2.24) is 10.2 Å². The first-order valence-electron chi connectivity index (χ1n) is 6.35. The summed E-state index contributed by atoms with van der Waals surface area (Å²) in [5, 5.41) is 16.2. The van der Waals surface area contributed by atoms with Gasteiger partial charge >= 0.3 is 0 Å². The first-order valence-corrected chi connectivity index (χ1v) is 6.35. The molecule has 7 nitrogen and oxygen atoms in total. The number of nitro groups is 1. The largest absolute Gasteiger partial charge is 0.368 e. The van der Waals surface area contributed by atoms with Crippen molar-refractivity contribution in [1.29, 1.82) is 0 Å². The lowest BCUT2D eigenvalue weighted by molar-refractivity contribution is -0.384. The van der Waals surface area contributed by atoms with Crippen LogP contribution in [0, 0.1) is 21.7 Å². The molecule has 1 amide bonds. The Kier molecular flexibility index (Phi) is 4.63. The smallest absolute Gasteiger partial charge is 0.295 e. The van der Waals surface area contributed by atoms with Gasteiger partial charge in [-0.25, -0.2) is 8.78 Å². The maximum atomic E-state index is 13.6. The molecule has 1 aromatic rings. The van der Waals surface area contributed by atoms with Gasteiger partial charge < -0.3 is 15.5 Å². The van der Waals surface area contributed by atoms with Crippen LogP contribution in [0.1, 0.15) is 0 Å². The van der Waals surface area contributed by atoms with Gasteiger partial charge in [0.2, 0.25) is 5.91 Å². The van der Waals surface area contributed by atoms with Gasteiger partial charge in [0, 0.05) is 32.2 Å². The highest BCUT2D eigenvalue weighted by Gasteiger charge is 2.23. The van der Waals surface area contributed by atoms with Crippen molar-refractivity contribution in [3.8, 4) is 0 Å². The van der Waals surface area contributed by atoms with E-state index in [0.717, 1.165) is 6.07 Å². The number of benzene rings is 1. The second-order valence-corrected chi connectivity index (χ2v) is 4.50. The normalized spacial score (nSPS) is 14.9. The highest BCUT2D eigenvalue weighted by atomic mass is 19.2. The van der Waals surface area contributed by atoms with Gasteiger partial charge in [-0.05, 0) is 6.07 Å². The van der Waals surface area contributed by atoms with E-state index in [1.54, 1.807) is 4.90 Å². The van der Waals surface area contributed by atoms with E-state index in [-0.39, 0.29) is 12.5 Å². The van der Waals surface area contributed by atoms with Crippen LogP contribution < -0.4 is 10.6 Å². The summed E-state index contributed by atoms with van der Waals surface area (Å²) < 4.78 is 26.8. The van der Waals surface area contributed by atoms with Crippen molar-refractivity contribution in [3.05, 3.63) is 33.9 Å². The average Bonchev–Trinajstić information content (AvgIpc) is 2.49. The molecule has 0 bridgehead atoms. The monoisotopic (exact) mass is 300 g/mol. The van der Waals surface area contributed by atoms with Crippen LogP contribution >= 0.6 is 0 Å². The lowest BCUT2D eigenvalue weighted by Crippen LogP contribution is -2.48. The van der Waals surface area contributed by atoms with Crippen molar-refractivity contribution in [2.75, 3.05) is 38.0 Å². The molecule has 21 heavy (non-hydrogen) atoms. The highest BCUT2D eigenvalue weighted by Crippen LogP contribution is 2.28. The molecule has 2 N–H and O–H groups in total. The molecule has 1 heterocycles. The van der Waals surface area contributed by atoms with E-state index in [1.165, 1.54) is 0 Å². The van der Waals surface area contributed by atoms with Crippen LogP contribution in [-0.4, -0.2) is 48.5 Å². The number of carbonyl (C=O) groups excluding carboxylic acids is 1. The van der Waals surface area contributed by atoms with Crippen LogP contribution in [0.15, 0.2) is 12.1 Å². The number of halogens is 2. The van der Waals surface area contributed by atoms with Crippen molar-refractivity contribution in [2.45, 2.75) is 0 Å². The molecule has 9 heteroatoms. The maximum absolute atomic E-state index is 13.6. The molecular formula is C12H14F2N4O3. The molecule has 2 rings (SSSR count). The Labute approximate surface area is 119 Å². The zero-order chi connectivity index (χ0) is 15.4. The predicted octanol–water partition coefficient (Wildman–Crippen LogP) is 0.717. The Hall–Kier alpha value is -2.29. The van der Waals surface area contributed by atoms with E-state index in [0.29, 0.717) is 32.2 Å². The van der Waals surface area contributed by atoms with Crippen LogP contribution in [0.3, 0.4) is 0 Å². The van der Waals surface area contributed by atoms with Crippen LogP contribution in [0.2, 0.25) is 0 Å². The molecular weight excluding hydrogens is 286 g/mol. The third-order valence-corrected chi connectivity index (χ3v) is 3.16. The number of nitrogens with one attached hydrogen (secondary N) is 2. The number of nitrogens with zero attached hydrogens (tertiary/aromatic N) is 2. The third-order valence-electron chi connectivity index (χ3n) is 3.16. The van der Waals surface area contributed by atoms with E-state index >= 15 is 0 Å². The summed E-state index contributed by atoms with van der Waals surface area (Å²) in [7, 11) is 0. The quantitative estimate of drug-likeness (QED) is 0.632. The highest BCUT2D eigenvalue weighted by molar-refractivity contribution is 5.82. The van der Waals surface area contributed by atoms with Crippen molar-refractivity contribution in [2.24, 2.45) is 0 Å². The van der Waals surface area contributed by atoms with Crippen molar-refractivity contribution < 1.29 is 18.5 Å². The van der Waals surface area contributed by atoms with Crippen molar-refractivity contribution in [3.63, 3.8) is 0 Å². The number of carbonyl (C=O) groups is 1. The first-order chi connectivity index (χ1) is 10.0. The summed E-state index contributed by atoms with van der Waals surface area (Å²) in [4.78, 5) is 23.4. The first kappa shape index (κ1) is 15.1. The standard InChI is InChI=1S/C12H14F2N4O3/c13-8-1-2-9(18(20)21)12(11(8)14)16-7-10(19)17-5-3-15-4-6-17/h1-2,15-16H,3-7H2. The third kappa shape index (κ3) is 3.43. The summed E-state index contributed by atoms with van der Waals surface area (Å²) in [5.74, 6) is -2.90. The molecule has 0 unspecified atom stereocenters. The van der Waals surface area contributed by atoms with Gasteiger partial charge in [0.05, 0.1) is 11.5 Å². The van der Waals surface area contributed by atoms with Crippen LogP contribution in [-0.2, 0) is 4.79 Å². The van der Waals surface area contributed by atoms with Gasteiger partial charge in [-0.3, -0.25) is 14.9 Å². The molecule has 0 atom stereocenters. The molecule has 1 aromatic carbocycles. The van der Waals surface area contributed by atoms with E-state index in [1.807, 2.05) is 0 Å². The van der Waals surface area contributed by atoms with Crippen molar-refractivity contribution >= 4 is 17.3 Å². The number of nitro benzene ring substituents is 1. The number of piperazine rings is 1. The van der Waals surface area contributed by atoms with Crippen LogP contribution in [0.4, 0.5) is 20.2 Å². The van der Waals surface area contributed by atoms with Gasteiger partial charge in [-0.2, -0.15) is 0 Å². The second kappa shape index (κ2) is 6.44. The molecule has 0 aliphatic carbocycles. The summed E-state index contributed by atoms with van der Waals surface area (Å²) in [6, 6.07) is 1.53. The Bertz CT molecular complexity index is 562. The molecule has 1 fully saturated rings. The van der Waals surface area contributed by atoms with Gasteiger partial charge in [-0.15, -0.1) is 0 Å². The van der Waals surface area contributed by atoms with E-state index in [4.69, 9.17) is 0 Å². The number of hydrogen-bond acceptors (Lipinski definition) is 5. The molecule has 1 saturated heterocycles. The lowest BCUT2D eigenvalue weighted by atomic mass is 10.2. The molecule has 114 valence electrons. The molecule has 1 aliphatic rings. The molecule has 0 radical (unpaired) electrons. The zero-order valence-electron chi connectivity index (χ0n) is 11.1. The summed E-state index contributed by atoms with van der Waals surface area (Å²) in [6.45, 7) is 1.99. The summed E-state index contributed by atoms with van der Waals surface area (Å²) >= 11 is 0. The minimum absolute atomic E-state index is 0.325. The average molecular weight is 300 g/mol. The topological polar surface area (TPSA) is 87.5 Å². The zero-order valence-corrected chi connectivity index (χ0v) is 11.1. The lowest BCUT2D eigenvalue weighted by Gasteiger charge is -2.27. The molecule has 0 saturated carbocycles. The fourth-order valence-corrected chi connectivity index (χ4v) is 2.05. The predicted molar refractivity (Wildman–Crippen MR) is 71.0 cm³/mol. The minimum atomic E-state index is -1.36. The van der Waals surface area contributed by atoms with Crippen LogP contribution in [0.25, 0.3) is 0 Å². The maximum Gasteiger partial charge on any atom is 0.295 e. The van der Waals surface area contributed by atoms with Gasteiger partial charge in [0.15, 0.2) is 17.3 Å². The SMILES string of the molecule is O=C(CNc1c([N+](=O)[O-])ccc(F)c1F)N1CCNCC1. The van der Waals surface area contributed by atoms with E-state index in [2.05, 4.69) is 10.6 Å². The minimum Gasteiger partial charge on any atom is -0.368 e. The van der Waals surface area contributed by atoms with Crippen LogP contribution in [0.5, 0.6) is 0 Å². The van der Waals surface area contributed by atoms with E-state index < -0.39 is 27.9 Å². The Morgan fingerprint density at radius 3 is 2.67 bits per heavy atom. The number of hydrogen-bond donors (Lipinski definition) is 2. The molecule has 1 aliphatic heterocycles. The number of amides is 1. The van der Waals surface area contributed by atoms with E-state index in [9.17, 15) is 23.7 Å². The molecule has 0 spiro atoms. The fraction of sp³-hybridized carbons (Fsp3) is 0.417. The number of rotatable bonds is 4. The van der Waals surface area contributed by atoms with Gasteiger partial charge in [0.1, 0.15) is 0 Å².